The number of hydrazine groups is 1. The van der Waals surface area contributed by atoms with E-state index in [4.69, 9.17) is 5.84 Å². The van der Waals surface area contributed by atoms with Crippen molar-refractivity contribution in [3.05, 3.63) is 59.7 Å². The van der Waals surface area contributed by atoms with E-state index in [1.807, 2.05) is 48.5 Å². The molecule has 0 atom stereocenters. The largest absolute Gasteiger partial charge is 0.379 e. The van der Waals surface area contributed by atoms with E-state index in [-0.39, 0.29) is 0 Å². The number of hydrogen-bond acceptors (Lipinski definition) is 3. The van der Waals surface area contributed by atoms with Crippen molar-refractivity contribution in [1.82, 2.24) is 5.01 Å². The maximum absolute atomic E-state index is 11.0. The molecule has 0 spiro atoms. The molecule has 0 radical (unpaired) electrons. The summed E-state index contributed by atoms with van der Waals surface area (Å²) in [5.74, 6) is 5.75. The molecule has 0 saturated heterocycles. The second kappa shape index (κ2) is 3.92. The van der Waals surface area contributed by atoms with E-state index in [9.17, 15) is 5.11 Å². The number of nitrogens with two attached hydrogens (primary N) is 1. The smallest absolute Gasteiger partial charge is 0.130 e. The minimum atomic E-state index is -1.02. The number of rotatable bonds is 2. The average molecular weight is 240 g/mol. The summed E-state index contributed by atoms with van der Waals surface area (Å²) >= 11 is 0. The molecular weight excluding hydrogens is 224 g/mol. The van der Waals surface area contributed by atoms with Crippen LogP contribution >= 0.6 is 0 Å². The van der Waals surface area contributed by atoms with Gasteiger partial charge in [-0.3, -0.25) is 5.84 Å². The molecule has 3 nitrogen and oxygen atoms in total. The van der Waals surface area contributed by atoms with Crippen molar-refractivity contribution in [2.24, 2.45) is 5.84 Å². The first-order valence-corrected chi connectivity index (χ1v) is 6.00. The quantitative estimate of drug-likeness (QED) is 0.620. The second-order valence-corrected chi connectivity index (χ2v) is 4.87. The third-order valence-corrected chi connectivity index (χ3v) is 3.51. The van der Waals surface area contributed by atoms with Crippen molar-refractivity contribution < 1.29 is 5.11 Å². The van der Waals surface area contributed by atoms with Crippen LogP contribution in [0.25, 0.3) is 11.1 Å². The van der Waals surface area contributed by atoms with E-state index in [2.05, 4.69) is 0 Å². The molecule has 2 aromatic rings. The first-order valence-electron chi connectivity index (χ1n) is 6.00. The lowest BCUT2D eigenvalue weighted by Gasteiger charge is -2.28. The van der Waals surface area contributed by atoms with Crippen LogP contribution in [-0.4, -0.2) is 23.7 Å². The SMILES string of the molecule is CN(N)CC1(O)c2ccccc2-c2ccccc21. The summed E-state index contributed by atoms with van der Waals surface area (Å²) in [6.07, 6.45) is 0. The minimum Gasteiger partial charge on any atom is -0.379 e. The van der Waals surface area contributed by atoms with Gasteiger partial charge in [0.15, 0.2) is 0 Å². The molecule has 0 heterocycles. The summed E-state index contributed by atoms with van der Waals surface area (Å²) in [6.45, 7) is 0.376. The van der Waals surface area contributed by atoms with Gasteiger partial charge in [-0.15, -0.1) is 0 Å². The molecule has 0 bridgehead atoms. The number of fused-ring (bicyclic) bond motifs is 3. The van der Waals surface area contributed by atoms with E-state index < -0.39 is 5.60 Å². The average Bonchev–Trinajstić information content (AvgIpc) is 2.61. The van der Waals surface area contributed by atoms with Gasteiger partial charge in [-0.2, -0.15) is 0 Å². The number of benzene rings is 2. The third-order valence-electron chi connectivity index (χ3n) is 3.51. The fourth-order valence-corrected chi connectivity index (χ4v) is 2.83. The van der Waals surface area contributed by atoms with Crippen LogP contribution in [0.4, 0.5) is 0 Å². The fourth-order valence-electron chi connectivity index (χ4n) is 2.83. The number of likely N-dealkylation sites (N-methyl/N-ethyl adjacent to an activating group) is 1. The third kappa shape index (κ3) is 1.49. The Morgan fingerprint density at radius 1 is 1.00 bits per heavy atom. The summed E-state index contributed by atoms with van der Waals surface area (Å²) < 4.78 is 0. The summed E-state index contributed by atoms with van der Waals surface area (Å²) in [6, 6.07) is 15.9. The maximum atomic E-state index is 11.0. The highest BCUT2D eigenvalue weighted by molar-refractivity contribution is 5.80. The second-order valence-electron chi connectivity index (χ2n) is 4.87. The van der Waals surface area contributed by atoms with Crippen LogP contribution in [0.5, 0.6) is 0 Å². The highest BCUT2D eigenvalue weighted by Crippen LogP contribution is 2.47. The molecule has 0 amide bonds. The Balaban J connectivity index is 2.27. The molecule has 0 unspecified atom stereocenters. The molecule has 2 aromatic carbocycles. The summed E-state index contributed by atoms with van der Waals surface area (Å²) in [5.41, 5.74) is 3.04. The molecule has 0 fully saturated rings. The monoisotopic (exact) mass is 240 g/mol. The maximum Gasteiger partial charge on any atom is 0.130 e. The lowest BCUT2D eigenvalue weighted by Crippen LogP contribution is -2.42. The number of aliphatic hydroxyl groups is 1. The van der Waals surface area contributed by atoms with Gasteiger partial charge >= 0.3 is 0 Å². The molecule has 1 aliphatic carbocycles. The predicted octanol–water partition coefficient (Wildman–Crippen LogP) is 1.71. The molecule has 0 saturated carbocycles. The van der Waals surface area contributed by atoms with Gasteiger partial charge in [-0.1, -0.05) is 48.5 Å². The van der Waals surface area contributed by atoms with Crippen molar-refractivity contribution in [1.29, 1.82) is 0 Å². The van der Waals surface area contributed by atoms with E-state index in [1.165, 1.54) is 5.01 Å². The molecule has 3 N–H and O–H groups in total. The lowest BCUT2D eigenvalue weighted by atomic mass is 9.91. The Hall–Kier alpha value is -1.68. The fraction of sp³-hybridized carbons (Fsp3) is 0.200. The zero-order valence-electron chi connectivity index (χ0n) is 10.3. The molecule has 3 rings (SSSR count). The van der Waals surface area contributed by atoms with Crippen LogP contribution < -0.4 is 5.84 Å². The molecule has 18 heavy (non-hydrogen) atoms. The Labute approximate surface area is 106 Å². The predicted molar refractivity (Wildman–Crippen MR) is 71.7 cm³/mol. The van der Waals surface area contributed by atoms with Crippen molar-refractivity contribution in [3.63, 3.8) is 0 Å². The van der Waals surface area contributed by atoms with Gasteiger partial charge in [0.2, 0.25) is 0 Å². The van der Waals surface area contributed by atoms with Gasteiger partial charge in [0, 0.05) is 13.6 Å². The normalized spacial score (nSPS) is 15.6. The zero-order chi connectivity index (χ0) is 12.8. The van der Waals surface area contributed by atoms with E-state index in [0.29, 0.717) is 6.54 Å². The van der Waals surface area contributed by atoms with Crippen LogP contribution in [0.15, 0.2) is 48.5 Å². The lowest BCUT2D eigenvalue weighted by molar-refractivity contribution is 0.0482. The summed E-state index contributed by atoms with van der Waals surface area (Å²) in [5, 5.41) is 12.6. The molecule has 1 aliphatic rings. The zero-order valence-corrected chi connectivity index (χ0v) is 10.3. The Morgan fingerprint density at radius 2 is 1.44 bits per heavy atom. The van der Waals surface area contributed by atoms with Gasteiger partial charge in [0.1, 0.15) is 5.60 Å². The van der Waals surface area contributed by atoms with Gasteiger partial charge in [-0.05, 0) is 22.3 Å². The Bertz CT molecular complexity index is 547. The Morgan fingerprint density at radius 3 is 1.89 bits per heavy atom. The molecule has 3 heteroatoms. The summed E-state index contributed by atoms with van der Waals surface area (Å²) in [7, 11) is 1.77. The van der Waals surface area contributed by atoms with Crippen LogP contribution in [0, 0.1) is 0 Å². The van der Waals surface area contributed by atoms with Gasteiger partial charge < -0.3 is 5.11 Å². The molecule has 0 aliphatic heterocycles. The topological polar surface area (TPSA) is 49.5 Å². The van der Waals surface area contributed by atoms with E-state index in [0.717, 1.165) is 22.3 Å². The van der Waals surface area contributed by atoms with E-state index >= 15 is 0 Å². The molecule has 92 valence electrons. The highest BCUT2D eigenvalue weighted by Gasteiger charge is 2.41. The van der Waals surface area contributed by atoms with Crippen molar-refractivity contribution in [2.75, 3.05) is 13.6 Å². The van der Waals surface area contributed by atoms with Crippen LogP contribution in [0.2, 0.25) is 0 Å². The van der Waals surface area contributed by atoms with Crippen molar-refractivity contribution in [2.45, 2.75) is 5.60 Å². The first-order chi connectivity index (χ1) is 8.63. The highest BCUT2D eigenvalue weighted by atomic mass is 16.3. The van der Waals surface area contributed by atoms with Gasteiger partial charge in [0.25, 0.3) is 0 Å². The van der Waals surface area contributed by atoms with Crippen LogP contribution in [0.3, 0.4) is 0 Å². The Kier molecular flexibility index (Phi) is 2.48. The van der Waals surface area contributed by atoms with Crippen LogP contribution in [0.1, 0.15) is 11.1 Å². The van der Waals surface area contributed by atoms with Crippen molar-refractivity contribution >= 4 is 0 Å². The standard InChI is InChI=1S/C15H16N2O/c1-17(16)10-15(18)13-8-4-2-6-11(13)12-7-3-5-9-14(12)15/h2-9,18H,10,16H2,1H3. The first kappa shape index (κ1) is 11.4. The van der Waals surface area contributed by atoms with Crippen LogP contribution in [-0.2, 0) is 5.60 Å². The molecular formula is C15H16N2O. The molecule has 0 aromatic heterocycles. The summed E-state index contributed by atoms with van der Waals surface area (Å²) in [4.78, 5) is 0. The minimum absolute atomic E-state index is 0.376. The number of nitrogens with zero attached hydrogens (tertiary/aromatic N) is 1. The van der Waals surface area contributed by atoms with Crippen molar-refractivity contribution in [3.8, 4) is 11.1 Å². The van der Waals surface area contributed by atoms with Gasteiger partial charge in [-0.25, -0.2) is 5.01 Å². The van der Waals surface area contributed by atoms with Gasteiger partial charge in [0.05, 0.1) is 0 Å². The number of hydrogen-bond donors (Lipinski definition) is 2. The van der Waals surface area contributed by atoms with E-state index in [1.54, 1.807) is 7.05 Å².